The predicted octanol–water partition coefficient (Wildman–Crippen LogP) is 1.62. The standard InChI is InChI=1S/C13H13N3O3S/c1-15-11(18)8(12(19)16(2)13(15)20)7-14-9-5-3-4-6-10(9)17/h3-7,17-18H,1-2H3. The molecular formula is C13H13N3O3S. The van der Waals surface area contributed by atoms with Gasteiger partial charge in [-0.25, -0.2) is 0 Å². The number of phenols is 1. The van der Waals surface area contributed by atoms with Crippen molar-refractivity contribution in [2.75, 3.05) is 0 Å². The second-order valence-corrected chi connectivity index (χ2v) is 4.56. The van der Waals surface area contributed by atoms with Gasteiger partial charge in [-0.05, 0) is 24.4 Å². The highest BCUT2D eigenvalue weighted by molar-refractivity contribution is 7.71. The van der Waals surface area contributed by atoms with E-state index in [-0.39, 0.29) is 22.0 Å². The van der Waals surface area contributed by atoms with E-state index < -0.39 is 5.56 Å². The molecule has 0 radical (unpaired) electrons. The van der Waals surface area contributed by atoms with Gasteiger partial charge in [-0.15, -0.1) is 0 Å². The van der Waals surface area contributed by atoms with Crippen molar-refractivity contribution in [3.8, 4) is 11.6 Å². The van der Waals surface area contributed by atoms with Crippen LogP contribution in [-0.4, -0.2) is 25.6 Å². The third kappa shape index (κ3) is 2.35. The Morgan fingerprint density at radius 1 is 1.20 bits per heavy atom. The average Bonchev–Trinajstić information content (AvgIpc) is 2.45. The zero-order valence-electron chi connectivity index (χ0n) is 10.9. The summed E-state index contributed by atoms with van der Waals surface area (Å²) in [4.78, 5) is 16.1. The van der Waals surface area contributed by atoms with Gasteiger partial charge in [0.1, 0.15) is 17.0 Å². The summed E-state index contributed by atoms with van der Waals surface area (Å²) in [6, 6.07) is 6.44. The molecule has 7 heteroatoms. The summed E-state index contributed by atoms with van der Waals surface area (Å²) < 4.78 is 2.75. The largest absolute Gasteiger partial charge is 0.506 e. The molecule has 1 aromatic carbocycles. The molecule has 0 saturated heterocycles. The summed E-state index contributed by atoms with van der Waals surface area (Å²) in [6.07, 6.45) is 1.21. The fraction of sp³-hybridized carbons (Fsp3) is 0.154. The van der Waals surface area contributed by atoms with Crippen LogP contribution in [-0.2, 0) is 14.1 Å². The first-order valence-corrected chi connectivity index (χ1v) is 6.15. The van der Waals surface area contributed by atoms with E-state index in [4.69, 9.17) is 12.2 Å². The Balaban J connectivity index is 2.59. The maximum Gasteiger partial charge on any atom is 0.266 e. The van der Waals surface area contributed by atoms with Crippen LogP contribution in [0.3, 0.4) is 0 Å². The Morgan fingerprint density at radius 3 is 2.50 bits per heavy atom. The SMILES string of the molecule is Cn1c(O)c(C=Nc2ccccc2O)c(=O)n(C)c1=S. The third-order valence-electron chi connectivity index (χ3n) is 2.88. The van der Waals surface area contributed by atoms with Gasteiger partial charge < -0.3 is 10.2 Å². The molecule has 1 aromatic heterocycles. The molecular weight excluding hydrogens is 278 g/mol. The van der Waals surface area contributed by atoms with Gasteiger partial charge in [0, 0.05) is 20.3 Å². The van der Waals surface area contributed by atoms with Gasteiger partial charge >= 0.3 is 0 Å². The van der Waals surface area contributed by atoms with Crippen molar-refractivity contribution in [2.24, 2.45) is 19.1 Å². The highest BCUT2D eigenvalue weighted by Gasteiger charge is 2.11. The van der Waals surface area contributed by atoms with Crippen molar-refractivity contribution < 1.29 is 10.2 Å². The van der Waals surface area contributed by atoms with Crippen LogP contribution in [0, 0.1) is 4.77 Å². The molecule has 0 aliphatic heterocycles. The predicted molar refractivity (Wildman–Crippen MR) is 78.5 cm³/mol. The summed E-state index contributed by atoms with van der Waals surface area (Å²) in [5, 5.41) is 19.6. The van der Waals surface area contributed by atoms with Crippen molar-refractivity contribution in [3.05, 3.63) is 45.0 Å². The van der Waals surface area contributed by atoms with Crippen molar-refractivity contribution >= 4 is 24.1 Å². The fourth-order valence-corrected chi connectivity index (χ4v) is 1.85. The lowest BCUT2D eigenvalue weighted by Crippen LogP contribution is -2.25. The van der Waals surface area contributed by atoms with Gasteiger partial charge in [0.15, 0.2) is 4.77 Å². The van der Waals surface area contributed by atoms with E-state index >= 15 is 0 Å². The first kappa shape index (κ1) is 14.0. The van der Waals surface area contributed by atoms with E-state index in [1.165, 1.54) is 28.5 Å². The molecule has 1 heterocycles. The van der Waals surface area contributed by atoms with E-state index in [0.29, 0.717) is 5.69 Å². The normalized spacial score (nSPS) is 11.1. The molecule has 2 N–H and O–H groups in total. The Labute approximate surface area is 119 Å². The van der Waals surface area contributed by atoms with Crippen molar-refractivity contribution in [1.29, 1.82) is 0 Å². The molecule has 0 aliphatic rings. The Bertz CT molecular complexity index is 805. The van der Waals surface area contributed by atoms with E-state index in [9.17, 15) is 15.0 Å². The number of nitrogens with zero attached hydrogens (tertiary/aromatic N) is 3. The molecule has 0 atom stereocenters. The zero-order valence-corrected chi connectivity index (χ0v) is 11.8. The lowest BCUT2D eigenvalue weighted by atomic mass is 10.3. The van der Waals surface area contributed by atoms with E-state index in [2.05, 4.69) is 4.99 Å². The minimum atomic E-state index is -0.454. The second kappa shape index (κ2) is 5.30. The smallest absolute Gasteiger partial charge is 0.266 e. The number of aliphatic imine (C=N–C) groups is 1. The summed E-state index contributed by atoms with van der Waals surface area (Å²) in [7, 11) is 3.07. The molecule has 0 bridgehead atoms. The molecule has 0 aliphatic carbocycles. The topological polar surface area (TPSA) is 79.8 Å². The molecule has 0 unspecified atom stereocenters. The third-order valence-corrected chi connectivity index (χ3v) is 3.43. The van der Waals surface area contributed by atoms with Crippen LogP contribution in [0.2, 0.25) is 0 Å². The highest BCUT2D eigenvalue weighted by Crippen LogP contribution is 2.24. The lowest BCUT2D eigenvalue weighted by Gasteiger charge is -2.09. The second-order valence-electron chi connectivity index (χ2n) is 4.19. The number of aromatic nitrogens is 2. The molecule has 6 nitrogen and oxygen atoms in total. The molecule has 2 rings (SSSR count). The molecule has 2 aromatic rings. The fourth-order valence-electron chi connectivity index (χ4n) is 1.68. The van der Waals surface area contributed by atoms with Gasteiger partial charge in [-0.3, -0.25) is 18.9 Å². The van der Waals surface area contributed by atoms with Crippen LogP contribution >= 0.6 is 12.2 Å². The Morgan fingerprint density at radius 2 is 1.85 bits per heavy atom. The monoisotopic (exact) mass is 291 g/mol. The highest BCUT2D eigenvalue weighted by atomic mass is 32.1. The first-order chi connectivity index (χ1) is 9.43. The minimum absolute atomic E-state index is 0.00635. The number of aromatic hydroxyl groups is 2. The number of hydrogen-bond donors (Lipinski definition) is 2. The number of rotatable bonds is 2. The maximum atomic E-state index is 12.0. The summed E-state index contributed by atoms with van der Waals surface area (Å²) in [6.45, 7) is 0. The van der Waals surface area contributed by atoms with E-state index in [1.807, 2.05) is 0 Å². The summed E-state index contributed by atoms with van der Waals surface area (Å²) in [5.41, 5.74) is -0.143. The van der Waals surface area contributed by atoms with Gasteiger partial charge in [0.25, 0.3) is 5.56 Å². The van der Waals surface area contributed by atoms with Gasteiger partial charge in [0.05, 0.1) is 0 Å². The van der Waals surface area contributed by atoms with Crippen LogP contribution in [0.15, 0.2) is 34.1 Å². The van der Waals surface area contributed by atoms with Gasteiger partial charge in [-0.2, -0.15) is 0 Å². The molecule has 104 valence electrons. The van der Waals surface area contributed by atoms with Gasteiger partial charge in [0.2, 0.25) is 5.88 Å². The van der Waals surface area contributed by atoms with Crippen molar-refractivity contribution in [3.63, 3.8) is 0 Å². The zero-order chi connectivity index (χ0) is 14.9. The quantitative estimate of drug-likeness (QED) is 0.651. The summed E-state index contributed by atoms with van der Waals surface area (Å²) >= 11 is 5.01. The molecule has 0 spiro atoms. The van der Waals surface area contributed by atoms with Crippen molar-refractivity contribution in [1.82, 2.24) is 9.13 Å². The number of para-hydroxylation sites is 2. The van der Waals surface area contributed by atoms with Crippen LogP contribution in [0.4, 0.5) is 5.69 Å². The summed E-state index contributed by atoms with van der Waals surface area (Å²) in [5.74, 6) is -0.276. The van der Waals surface area contributed by atoms with E-state index in [0.717, 1.165) is 0 Å². The lowest BCUT2D eigenvalue weighted by molar-refractivity contribution is 0.415. The van der Waals surface area contributed by atoms with E-state index in [1.54, 1.807) is 25.2 Å². The first-order valence-electron chi connectivity index (χ1n) is 5.74. The maximum absolute atomic E-state index is 12.0. The minimum Gasteiger partial charge on any atom is -0.506 e. The van der Waals surface area contributed by atoms with Crippen molar-refractivity contribution in [2.45, 2.75) is 0 Å². The Hall–Kier alpha value is -2.41. The number of benzene rings is 1. The number of phenolic OH excluding ortho intramolecular Hbond substituents is 1. The number of hydrogen-bond acceptors (Lipinski definition) is 5. The molecule has 20 heavy (non-hydrogen) atoms. The van der Waals surface area contributed by atoms with Gasteiger partial charge in [-0.1, -0.05) is 12.1 Å². The Kier molecular flexibility index (Phi) is 3.71. The van der Waals surface area contributed by atoms with Crippen LogP contribution in [0.1, 0.15) is 5.56 Å². The van der Waals surface area contributed by atoms with Crippen LogP contribution in [0.5, 0.6) is 11.6 Å². The average molecular weight is 291 g/mol. The van der Waals surface area contributed by atoms with Crippen LogP contribution in [0.25, 0.3) is 0 Å². The molecule has 0 saturated carbocycles. The molecule has 0 fully saturated rings. The van der Waals surface area contributed by atoms with Crippen LogP contribution < -0.4 is 5.56 Å². The molecule has 0 amide bonds.